The Bertz CT molecular complexity index is 343. The van der Waals surface area contributed by atoms with E-state index < -0.39 is 0 Å². The molecule has 0 saturated heterocycles. The van der Waals surface area contributed by atoms with Gasteiger partial charge in [0, 0.05) is 18.1 Å². The molecule has 0 aliphatic rings. The molecule has 0 saturated carbocycles. The standard InChI is InChI=1S/C7H8N2OS/c1-3-5-6(11)4-9(2)7(10)8-5/h3-4,11H,1H2,2H3. The summed E-state index contributed by atoms with van der Waals surface area (Å²) in [7, 11) is 1.63. The van der Waals surface area contributed by atoms with Crippen LogP contribution >= 0.6 is 12.6 Å². The normalized spacial score (nSPS) is 9.64. The van der Waals surface area contributed by atoms with E-state index in [0.717, 1.165) is 0 Å². The maximum Gasteiger partial charge on any atom is 0.347 e. The van der Waals surface area contributed by atoms with Crippen molar-refractivity contribution in [3.05, 3.63) is 29.0 Å². The van der Waals surface area contributed by atoms with Gasteiger partial charge >= 0.3 is 5.69 Å². The van der Waals surface area contributed by atoms with E-state index in [9.17, 15) is 4.79 Å². The number of nitrogens with zero attached hydrogens (tertiary/aromatic N) is 2. The van der Waals surface area contributed by atoms with Crippen LogP contribution in [-0.4, -0.2) is 9.55 Å². The Morgan fingerprint density at radius 1 is 1.82 bits per heavy atom. The van der Waals surface area contributed by atoms with Gasteiger partial charge in [0.1, 0.15) is 0 Å². The summed E-state index contributed by atoms with van der Waals surface area (Å²) in [6.45, 7) is 3.50. The minimum absolute atomic E-state index is 0.294. The predicted molar refractivity (Wildman–Crippen MR) is 46.8 cm³/mol. The van der Waals surface area contributed by atoms with Gasteiger partial charge in [-0.3, -0.25) is 0 Å². The largest absolute Gasteiger partial charge is 0.347 e. The Labute approximate surface area is 69.8 Å². The van der Waals surface area contributed by atoms with Gasteiger partial charge in [-0.25, -0.2) is 4.79 Å². The smallest absolute Gasteiger partial charge is 0.301 e. The third-order valence-corrected chi connectivity index (χ3v) is 1.63. The zero-order valence-corrected chi connectivity index (χ0v) is 7.01. The monoisotopic (exact) mass is 168 g/mol. The molecule has 0 unspecified atom stereocenters. The fraction of sp³-hybridized carbons (Fsp3) is 0.143. The van der Waals surface area contributed by atoms with E-state index in [4.69, 9.17) is 0 Å². The van der Waals surface area contributed by atoms with Crippen LogP contribution in [0.25, 0.3) is 6.08 Å². The lowest BCUT2D eigenvalue weighted by Crippen LogP contribution is -2.20. The van der Waals surface area contributed by atoms with Crippen molar-refractivity contribution in [2.24, 2.45) is 7.05 Å². The maximum atomic E-state index is 10.9. The lowest BCUT2D eigenvalue weighted by molar-refractivity contribution is 0.784. The highest BCUT2D eigenvalue weighted by Gasteiger charge is 1.98. The van der Waals surface area contributed by atoms with Gasteiger partial charge in [-0.2, -0.15) is 4.98 Å². The van der Waals surface area contributed by atoms with Crippen LogP contribution in [0.1, 0.15) is 5.69 Å². The van der Waals surface area contributed by atoms with E-state index in [2.05, 4.69) is 24.2 Å². The summed E-state index contributed by atoms with van der Waals surface area (Å²) in [5.74, 6) is 0. The summed E-state index contributed by atoms with van der Waals surface area (Å²) < 4.78 is 1.37. The topological polar surface area (TPSA) is 34.9 Å². The van der Waals surface area contributed by atoms with Crippen molar-refractivity contribution in [3.63, 3.8) is 0 Å². The zero-order valence-electron chi connectivity index (χ0n) is 6.11. The quantitative estimate of drug-likeness (QED) is 0.627. The molecular formula is C7H8N2OS. The Morgan fingerprint density at radius 2 is 2.45 bits per heavy atom. The SMILES string of the molecule is C=Cc1nc(=O)n(C)cc1S. The summed E-state index contributed by atoms with van der Waals surface area (Å²) in [5.41, 5.74) is 0.231. The van der Waals surface area contributed by atoms with E-state index in [0.29, 0.717) is 10.6 Å². The van der Waals surface area contributed by atoms with E-state index in [-0.39, 0.29) is 5.69 Å². The van der Waals surface area contributed by atoms with E-state index in [1.807, 2.05) is 0 Å². The van der Waals surface area contributed by atoms with E-state index >= 15 is 0 Å². The average molecular weight is 168 g/mol. The van der Waals surface area contributed by atoms with Crippen molar-refractivity contribution in [3.8, 4) is 0 Å². The molecule has 0 radical (unpaired) electrons. The summed E-state index contributed by atoms with van der Waals surface area (Å²) in [6.07, 6.45) is 3.11. The second-order valence-electron chi connectivity index (χ2n) is 2.11. The zero-order chi connectivity index (χ0) is 8.43. The van der Waals surface area contributed by atoms with Crippen LogP contribution in [-0.2, 0) is 7.05 Å². The Morgan fingerprint density at radius 3 is 3.00 bits per heavy atom. The maximum absolute atomic E-state index is 10.9. The van der Waals surface area contributed by atoms with Crippen LogP contribution in [0.5, 0.6) is 0 Å². The van der Waals surface area contributed by atoms with Crippen LogP contribution in [0.2, 0.25) is 0 Å². The van der Waals surface area contributed by atoms with Gasteiger partial charge in [0.15, 0.2) is 0 Å². The third-order valence-electron chi connectivity index (χ3n) is 1.29. The molecule has 1 aromatic rings. The second kappa shape index (κ2) is 2.92. The molecule has 1 aromatic heterocycles. The van der Waals surface area contributed by atoms with Crippen molar-refractivity contribution in [2.45, 2.75) is 4.90 Å². The summed E-state index contributed by atoms with van der Waals surface area (Å²) in [4.78, 5) is 15.3. The Kier molecular flexibility index (Phi) is 2.14. The van der Waals surface area contributed by atoms with Crippen molar-refractivity contribution >= 4 is 18.7 Å². The second-order valence-corrected chi connectivity index (χ2v) is 2.59. The van der Waals surface area contributed by atoms with Crippen LogP contribution in [0.3, 0.4) is 0 Å². The van der Waals surface area contributed by atoms with Crippen molar-refractivity contribution < 1.29 is 0 Å². The molecule has 0 aliphatic carbocycles. The summed E-state index contributed by atoms with van der Waals surface area (Å²) in [5, 5.41) is 0. The average Bonchev–Trinajstić information content (AvgIpc) is 1.97. The number of aromatic nitrogens is 2. The number of hydrogen-bond acceptors (Lipinski definition) is 3. The highest BCUT2D eigenvalue weighted by atomic mass is 32.1. The minimum Gasteiger partial charge on any atom is -0.301 e. The molecular weight excluding hydrogens is 160 g/mol. The van der Waals surface area contributed by atoms with Crippen LogP contribution in [0.15, 0.2) is 22.5 Å². The van der Waals surface area contributed by atoms with Gasteiger partial charge in [0.25, 0.3) is 0 Å². The molecule has 3 nitrogen and oxygen atoms in total. The first-order chi connectivity index (χ1) is 5.15. The molecule has 0 bridgehead atoms. The number of aryl methyl sites for hydroxylation is 1. The fourth-order valence-corrected chi connectivity index (χ4v) is 1.01. The molecule has 58 valence electrons. The van der Waals surface area contributed by atoms with Crippen LogP contribution in [0, 0.1) is 0 Å². The molecule has 0 aromatic carbocycles. The molecule has 11 heavy (non-hydrogen) atoms. The molecule has 1 rings (SSSR count). The van der Waals surface area contributed by atoms with Crippen LogP contribution in [0.4, 0.5) is 0 Å². The molecule has 0 amide bonds. The number of thiol groups is 1. The van der Waals surface area contributed by atoms with E-state index in [1.165, 1.54) is 10.6 Å². The van der Waals surface area contributed by atoms with Gasteiger partial charge in [0.2, 0.25) is 0 Å². The highest BCUT2D eigenvalue weighted by Crippen LogP contribution is 2.07. The molecule has 0 spiro atoms. The first-order valence-corrected chi connectivity index (χ1v) is 3.49. The number of hydrogen-bond donors (Lipinski definition) is 1. The lowest BCUT2D eigenvalue weighted by atomic mass is 10.4. The predicted octanol–water partition coefficient (Wildman–Crippen LogP) is 0.712. The Balaban J connectivity index is 3.44. The first-order valence-electron chi connectivity index (χ1n) is 3.04. The van der Waals surface area contributed by atoms with Gasteiger partial charge < -0.3 is 4.57 Å². The van der Waals surface area contributed by atoms with Crippen molar-refractivity contribution in [2.75, 3.05) is 0 Å². The first kappa shape index (κ1) is 8.07. The molecule has 0 N–H and O–H groups in total. The van der Waals surface area contributed by atoms with Gasteiger partial charge in [-0.15, -0.1) is 12.6 Å². The highest BCUT2D eigenvalue weighted by molar-refractivity contribution is 7.80. The number of rotatable bonds is 1. The summed E-state index contributed by atoms with van der Waals surface area (Å²) in [6, 6.07) is 0. The fourth-order valence-electron chi connectivity index (χ4n) is 0.694. The minimum atomic E-state index is -0.294. The van der Waals surface area contributed by atoms with Gasteiger partial charge in [-0.1, -0.05) is 6.58 Å². The van der Waals surface area contributed by atoms with Crippen molar-refractivity contribution in [1.82, 2.24) is 9.55 Å². The Hall–Kier alpha value is -1.03. The van der Waals surface area contributed by atoms with E-state index in [1.54, 1.807) is 13.2 Å². The molecule has 1 heterocycles. The van der Waals surface area contributed by atoms with Crippen molar-refractivity contribution in [1.29, 1.82) is 0 Å². The lowest BCUT2D eigenvalue weighted by Gasteiger charge is -1.99. The molecule has 0 aliphatic heterocycles. The molecule has 4 heteroatoms. The van der Waals surface area contributed by atoms with Gasteiger partial charge in [-0.05, 0) is 6.08 Å². The summed E-state index contributed by atoms with van der Waals surface area (Å²) >= 11 is 4.10. The third kappa shape index (κ3) is 1.51. The van der Waals surface area contributed by atoms with Crippen LogP contribution < -0.4 is 5.69 Å². The molecule has 0 atom stereocenters. The molecule has 0 fully saturated rings. The van der Waals surface area contributed by atoms with Gasteiger partial charge in [0.05, 0.1) is 5.69 Å².